The predicted octanol–water partition coefficient (Wildman–Crippen LogP) is 1.61. The van der Waals surface area contributed by atoms with E-state index in [9.17, 15) is 8.42 Å². The lowest BCUT2D eigenvalue weighted by molar-refractivity contribution is 0.540. The van der Waals surface area contributed by atoms with E-state index in [4.69, 9.17) is 0 Å². The Balaban J connectivity index is 4.64. The molecule has 0 saturated carbocycles. The van der Waals surface area contributed by atoms with Gasteiger partial charge in [-0.25, -0.2) is 8.42 Å². The van der Waals surface area contributed by atoms with E-state index in [1.807, 2.05) is 6.92 Å². The van der Waals surface area contributed by atoms with Crippen LogP contribution in [0.2, 0.25) is 0 Å². The Morgan fingerprint density at radius 2 is 1.60 bits per heavy atom. The summed E-state index contributed by atoms with van der Waals surface area (Å²) in [7, 11) is -2.85. The fraction of sp³-hybridized carbons (Fsp3) is 1.00. The molecule has 0 aromatic carbocycles. The Morgan fingerprint density at radius 1 is 1.20 bits per heavy atom. The second-order valence-electron chi connectivity index (χ2n) is 3.02. The molecule has 0 unspecified atom stereocenters. The first-order valence-corrected chi connectivity index (χ1v) is 5.25. The highest BCUT2D eigenvalue weighted by Gasteiger charge is 2.29. The molecule has 0 radical (unpaired) electrons. The van der Waals surface area contributed by atoms with E-state index < -0.39 is 14.6 Å². The van der Waals surface area contributed by atoms with E-state index >= 15 is 0 Å². The minimum Gasteiger partial charge on any atom is -0.228 e. The van der Waals surface area contributed by atoms with Crippen LogP contribution in [0.3, 0.4) is 0 Å². The molecule has 0 heterocycles. The van der Waals surface area contributed by atoms with Crippen molar-refractivity contribution in [2.24, 2.45) is 0 Å². The fourth-order valence-electron chi connectivity index (χ4n) is 0.611. The molecule has 2 nitrogen and oxygen atoms in total. The molecule has 0 aliphatic carbocycles. The molecule has 0 rings (SSSR count). The number of sulfone groups is 1. The Morgan fingerprint density at radius 3 is 1.70 bits per heavy atom. The predicted molar refractivity (Wildman–Crippen MR) is 43.8 cm³/mol. The van der Waals surface area contributed by atoms with Gasteiger partial charge in [0.05, 0.1) is 4.75 Å². The maximum absolute atomic E-state index is 11.3. The highest BCUT2D eigenvalue weighted by molar-refractivity contribution is 7.92. The van der Waals surface area contributed by atoms with Crippen molar-refractivity contribution in [1.82, 2.24) is 0 Å². The molecule has 0 aliphatic rings. The first kappa shape index (κ1) is 9.95. The van der Waals surface area contributed by atoms with Crippen molar-refractivity contribution in [1.29, 1.82) is 0 Å². The van der Waals surface area contributed by atoms with Crippen LogP contribution in [-0.2, 0) is 9.84 Å². The molecule has 0 aliphatic heterocycles. The Kier molecular flexibility index (Phi) is 2.89. The fourth-order valence-corrected chi connectivity index (χ4v) is 1.83. The van der Waals surface area contributed by atoms with Crippen molar-refractivity contribution in [2.75, 3.05) is 5.75 Å². The third-order valence-corrected chi connectivity index (χ3v) is 4.81. The maximum atomic E-state index is 11.3. The molecule has 0 fully saturated rings. The summed E-state index contributed by atoms with van der Waals surface area (Å²) < 4.78 is 22.0. The standard InChI is InChI=1S/C7H16O2S/c1-5-7(3,4)10(8,9)6-2/h5-6H2,1-4H3. The van der Waals surface area contributed by atoms with Crippen LogP contribution in [0.25, 0.3) is 0 Å². The molecule has 0 aromatic rings. The van der Waals surface area contributed by atoms with Gasteiger partial charge in [0.1, 0.15) is 0 Å². The SMILES string of the molecule is CCC(C)(C)S(=O)(=O)CC. The van der Waals surface area contributed by atoms with Gasteiger partial charge in [-0.2, -0.15) is 0 Å². The first-order chi connectivity index (χ1) is 4.37. The van der Waals surface area contributed by atoms with Crippen molar-refractivity contribution in [3.63, 3.8) is 0 Å². The number of hydrogen-bond acceptors (Lipinski definition) is 2. The van der Waals surface area contributed by atoms with Crippen LogP contribution >= 0.6 is 0 Å². The highest BCUT2D eigenvalue weighted by atomic mass is 32.2. The smallest absolute Gasteiger partial charge is 0.155 e. The van der Waals surface area contributed by atoms with Gasteiger partial charge in [-0.15, -0.1) is 0 Å². The summed E-state index contributed by atoms with van der Waals surface area (Å²) in [5.41, 5.74) is 0. The van der Waals surface area contributed by atoms with Crippen molar-refractivity contribution in [3.8, 4) is 0 Å². The lowest BCUT2D eigenvalue weighted by atomic mass is 10.1. The summed E-state index contributed by atoms with van der Waals surface area (Å²) in [4.78, 5) is 0. The third-order valence-electron chi connectivity index (χ3n) is 2.07. The van der Waals surface area contributed by atoms with Crippen LogP contribution in [0.4, 0.5) is 0 Å². The molecule has 62 valence electrons. The van der Waals surface area contributed by atoms with Crippen LogP contribution in [0, 0.1) is 0 Å². The van der Waals surface area contributed by atoms with Gasteiger partial charge < -0.3 is 0 Å². The summed E-state index contributed by atoms with van der Waals surface area (Å²) in [5, 5.41) is 0. The summed E-state index contributed by atoms with van der Waals surface area (Å²) in [6.07, 6.45) is 0.684. The molecule has 0 saturated heterocycles. The van der Waals surface area contributed by atoms with E-state index in [0.717, 1.165) is 0 Å². The zero-order valence-electron chi connectivity index (χ0n) is 7.14. The van der Waals surface area contributed by atoms with Crippen molar-refractivity contribution in [3.05, 3.63) is 0 Å². The van der Waals surface area contributed by atoms with Gasteiger partial charge in [0.2, 0.25) is 0 Å². The van der Waals surface area contributed by atoms with E-state index in [0.29, 0.717) is 6.42 Å². The Labute approximate surface area is 63.6 Å². The minimum atomic E-state index is -2.85. The van der Waals surface area contributed by atoms with E-state index in [1.54, 1.807) is 20.8 Å². The zero-order valence-corrected chi connectivity index (χ0v) is 7.96. The van der Waals surface area contributed by atoms with Crippen LogP contribution in [0.15, 0.2) is 0 Å². The van der Waals surface area contributed by atoms with Gasteiger partial charge >= 0.3 is 0 Å². The van der Waals surface area contributed by atoms with E-state index in [1.165, 1.54) is 0 Å². The lowest BCUT2D eigenvalue weighted by Crippen LogP contribution is -2.32. The van der Waals surface area contributed by atoms with Crippen LogP contribution < -0.4 is 0 Å². The Hall–Kier alpha value is -0.0500. The summed E-state index contributed by atoms with van der Waals surface area (Å²) >= 11 is 0. The first-order valence-electron chi connectivity index (χ1n) is 3.59. The van der Waals surface area contributed by atoms with Crippen LogP contribution in [0.5, 0.6) is 0 Å². The minimum absolute atomic E-state index is 0.244. The van der Waals surface area contributed by atoms with Crippen LogP contribution in [0.1, 0.15) is 34.1 Å². The maximum Gasteiger partial charge on any atom is 0.155 e. The molecule has 10 heavy (non-hydrogen) atoms. The summed E-state index contributed by atoms with van der Waals surface area (Å²) in [6, 6.07) is 0. The lowest BCUT2D eigenvalue weighted by Gasteiger charge is -2.21. The van der Waals surface area contributed by atoms with Gasteiger partial charge in [-0.3, -0.25) is 0 Å². The molecule has 0 spiro atoms. The second kappa shape index (κ2) is 2.91. The van der Waals surface area contributed by atoms with Gasteiger partial charge in [-0.05, 0) is 20.3 Å². The second-order valence-corrected chi connectivity index (χ2v) is 5.93. The molecule has 0 N–H and O–H groups in total. The Bertz CT molecular complexity index is 190. The average Bonchev–Trinajstić information content (AvgIpc) is 1.88. The van der Waals surface area contributed by atoms with Crippen molar-refractivity contribution >= 4 is 9.84 Å². The molecular formula is C7H16O2S. The number of hydrogen-bond donors (Lipinski definition) is 0. The molecule has 0 amide bonds. The van der Waals surface area contributed by atoms with Gasteiger partial charge in [0.25, 0.3) is 0 Å². The van der Waals surface area contributed by atoms with Gasteiger partial charge in [0, 0.05) is 5.75 Å². The van der Waals surface area contributed by atoms with Gasteiger partial charge in [-0.1, -0.05) is 13.8 Å². The largest absolute Gasteiger partial charge is 0.228 e. The average molecular weight is 164 g/mol. The quantitative estimate of drug-likeness (QED) is 0.635. The summed E-state index contributed by atoms with van der Waals surface area (Å²) in [6.45, 7) is 7.12. The molecule has 3 heteroatoms. The van der Waals surface area contributed by atoms with Crippen LogP contribution in [-0.4, -0.2) is 18.9 Å². The highest BCUT2D eigenvalue weighted by Crippen LogP contribution is 2.20. The zero-order chi connectivity index (χ0) is 8.41. The number of rotatable bonds is 3. The van der Waals surface area contributed by atoms with E-state index in [-0.39, 0.29) is 5.75 Å². The molecule has 0 bridgehead atoms. The third kappa shape index (κ3) is 1.72. The van der Waals surface area contributed by atoms with Crippen molar-refractivity contribution < 1.29 is 8.42 Å². The monoisotopic (exact) mass is 164 g/mol. The van der Waals surface area contributed by atoms with E-state index in [2.05, 4.69) is 0 Å². The molecule has 0 aromatic heterocycles. The van der Waals surface area contributed by atoms with Crippen molar-refractivity contribution in [2.45, 2.75) is 38.9 Å². The molecule has 0 atom stereocenters. The topological polar surface area (TPSA) is 34.1 Å². The summed E-state index contributed by atoms with van der Waals surface area (Å²) in [5.74, 6) is 0.244. The normalized spacial score (nSPS) is 13.6. The molecular weight excluding hydrogens is 148 g/mol. The van der Waals surface area contributed by atoms with Gasteiger partial charge in [0.15, 0.2) is 9.84 Å².